The number of nitrogen functional groups attached to an aromatic ring is 1. The van der Waals surface area contributed by atoms with Crippen molar-refractivity contribution < 1.29 is 18.0 Å². The maximum absolute atomic E-state index is 13.1. The normalized spacial score (nSPS) is 18.6. The molecule has 10 heteroatoms. The van der Waals surface area contributed by atoms with Crippen molar-refractivity contribution in [3.8, 4) is 0 Å². The van der Waals surface area contributed by atoms with Gasteiger partial charge in [-0.05, 0) is 50.3 Å². The van der Waals surface area contributed by atoms with E-state index < -0.39 is 11.7 Å². The zero-order valence-electron chi connectivity index (χ0n) is 17.2. The highest BCUT2D eigenvalue weighted by Crippen LogP contribution is 2.35. The van der Waals surface area contributed by atoms with Gasteiger partial charge < -0.3 is 21.3 Å². The van der Waals surface area contributed by atoms with Gasteiger partial charge in [-0.3, -0.25) is 4.79 Å². The molecule has 31 heavy (non-hydrogen) atoms. The summed E-state index contributed by atoms with van der Waals surface area (Å²) in [5, 5.41) is 5.88. The average Bonchev–Trinajstić information content (AvgIpc) is 3.14. The second kappa shape index (κ2) is 8.24. The quantitative estimate of drug-likeness (QED) is 0.639. The van der Waals surface area contributed by atoms with Crippen molar-refractivity contribution in [1.82, 2.24) is 15.3 Å². The fourth-order valence-electron chi connectivity index (χ4n) is 4.32. The number of nitrogens with one attached hydrogen (secondary N) is 2. The van der Waals surface area contributed by atoms with E-state index in [1.165, 1.54) is 13.0 Å². The Kier molecular flexibility index (Phi) is 5.63. The zero-order valence-corrected chi connectivity index (χ0v) is 17.2. The highest BCUT2D eigenvalue weighted by Gasteiger charge is 2.31. The largest absolute Gasteiger partial charge is 0.416 e. The average molecular weight is 434 g/mol. The van der Waals surface area contributed by atoms with Crippen LogP contribution in [0.1, 0.15) is 43.0 Å². The second-order valence-corrected chi connectivity index (χ2v) is 8.10. The fraction of sp³-hybridized carbons (Fsp3) is 0.476. The van der Waals surface area contributed by atoms with Gasteiger partial charge in [-0.2, -0.15) is 18.2 Å². The summed E-state index contributed by atoms with van der Waals surface area (Å²) in [5.41, 5.74) is 7.04. The molecule has 1 atom stereocenters. The molecule has 1 saturated heterocycles. The number of benzene rings is 1. The minimum Gasteiger partial charge on any atom is -0.399 e. The zero-order chi connectivity index (χ0) is 22.2. The Labute approximate surface area is 178 Å². The summed E-state index contributed by atoms with van der Waals surface area (Å²) in [6.45, 7) is 2.94. The number of rotatable bonds is 4. The number of aryl methyl sites for hydroxylation is 1. The van der Waals surface area contributed by atoms with Gasteiger partial charge in [-0.1, -0.05) is 0 Å². The molecule has 0 spiro atoms. The van der Waals surface area contributed by atoms with Gasteiger partial charge in [0.25, 0.3) is 0 Å². The highest BCUT2D eigenvalue weighted by molar-refractivity contribution is 5.73. The van der Waals surface area contributed by atoms with Gasteiger partial charge in [-0.15, -0.1) is 0 Å². The molecule has 1 amide bonds. The third-order valence-corrected chi connectivity index (χ3v) is 5.58. The first-order valence-electron chi connectivity index (χ1n) is 10.4. The number of nitrogens with zero attached hydrogens (tertiary/aromatic N) is 3. The van der Waals surface area contributed by atoms with Gasteiger partial charge >= 0.3 is 6.18 Å². The number of fused-ring (bicyclic) bond motifs is 1. The first-order valence-corrected chi connectivity index (χ1v) is 10.4. The molecule has 2 heterocycles. The van der Waals surface area contributed by atoms with Crippen molar-refractivity contribution in [1.29, 1.82) is 0 Å². The van der Waals surface area contributed by atoms with Gasteiger partial charge in [-0.25, -0.2) is 4.98 Å². The highest BCUT2D eigenvalue weighted by atomic mass is 19.4. The molecule has 0 radical (unpaired) electrons. The van der Waals surface area contributed by atoms with E-state index in [2.05, 4.69) is 25.5 Å². The maximum atomic E-state index is 13.1. The number of alkyl halides is 3. The number of carbonyl (C=O) groups excluding carboxylic acids is 1. The van der Waals surface area contributed by atoms with Crippen molar-refractivity contribution in [2.75, 3.05) is 29.0 Å². The van der Waals surface area contributed by atoms with Crippen LogP contribution in [0.2, 0.25) is 0 Å². The second-order valence-electron chi connectivity index (χ2n) is 8.10. The molecule has 2 aliphatic rings. The summed E-state index contributed by atoms with van der Waals surface area (Å²) in [6, 6.07) is 3.37. The lowest BCUT2D eigenvalue weighted by Gasteiger charge is -2.35. The van der Waals surface area contributed by atoms with Gasteiger partial charge in [0.15, 0.2) is 0 Å². The number of anilines is 4. The van der Waals surface area contributed by atoms with Crippen molar-refractivity contribution in [2.24, 2.45) is 0 Å². The van der Waals surface area contributed by atoms with Crippen LogP contribution in [-0.2, 0) is 23.8 Å². The Balaban J connectivity index is 1.64. The Bertz CT molecular complexity index is 994. The smallest absolute Gasteiger partial charge is 0.399 e. The van der Waals surface area contributed by atoms with E-state index in [9.17, 15) is 18.0 Å². The van der Waals surface area contributed by atoms with E-state index in [0.717, 1.165) is 67.9 Å². The van der Waals surface area contributed by atoms with Crippen LogP contribution in [-0.4, -0.2) is 35.0 Å². The van der Waals surface area contributed by atoms with Crippen molar-refractivity contribution in [3.05, 3.63) is 35.0 Å². The van der Waals surface area contributed by atoms with Crippen LogP contribution in [0.5, 0.6) is 0 Å². The first-order chi connectivity index (χ1) is 14.7. The first kappa shape index (κ1) is 21.2. The Morgan fingerprint density at radius 1 is 1.19 bits per heavy atom. The molecule has 1 fully saturated rings. The van der Waals surface area contributed by atoms with Crippen LogP contribution >= 0.6 is 0 Å². The summed E-state index contributed by atoms with van der Waals surface area (Å²) in [6.07, 6.45) is -0.0627. The van der Waals surface area contributed by atoms with E-state index in [1.54, 1.807) is 0 Å². The van der Waals surface area contributed by atoms with Crippen LogP contribution in [0.25, 0.3) is 0 Å². The molecule has 1 aromatic carbocycles. The van der Waals surface area contributed by atoms with Crippen molar-refractivity contribution >= 4 is 29.0 Å². The van der Waals surface area contributed by atoms with E-state index in [4.69, 9.17) is 5.73 Å². The molecule has 1 aromatic heterocycles. The monoisotopic (exact) mass is 434 g/mol. The number of piperidine rings is 1. The number of hydrogen-bond acceptors (Lipinski definition) is 6. The minimum absolute atomic E-state index is 0.00730. The molecule has 4 rings (SSSR count). The van der Waals surface area contributed by atoms with Crippen LogP contribution in [0, 0.1) is 0 Å². The van der Waals surface area contributed by atoms with Crippen molar-refractivity contribution in [2.45, 2.75) is 51.2 Å². The Morgan fingerprint density at radius 3 is 2.74 bits per heavy atom. The molecule has 166 valence electrons. The lowest BCUT2D eigenvalue weighted by molar-refractivity contribution is -0.137. The SMILES string of the molecule is CC(=O)N[C@@H]1CCCN(c2nc(Nc3cc(N)cc(C(F)(F)F)c3)nc3c2CCC3)C1. The summed E-state index contributed by atoms with van der Waals surface area (Å²) in [7, 11) is 0. The van der Waals surface area contributed by atoms with Crippen LogP contribution in [0.3, 0.4) is 0 Å². The Morgan fingerprint density at radius 2 is 2.00 bits per heavy atom. The summed E-state index contributed by atoms with van der Waals surface area (Å²) < 4.78 is 39.4. The summed E-state index contributed by atoms with van der Waals surface area (Å²) in [4.78, 5) is 22.8. The summed E-state index contributed by atoms with van der Waals surface area (Å²) >= 11 is 0. The third kappa shape index (κ3) is 4.83. The number of nitrogens with two attached hydrogens (primary N) is 1. The topological polar surface area (TPSA) is 96.2 Å². The fourth-order valence-corrected chi connectivity index (χ4v) is 4.32. The van der Waals surface area contributed by atoms with Crippen molar-refractivity contribution in [3.63, 3.8) is 0 Å². The Hall–Kier alpha value is -3.04. The molecule has 4 N–H and O–H groups in total. The molecular formula is C21H25F3N6O. The number of halogens is 3. The van der Waals surface area contributed by atoms with Crippen LogP contribution in [0.15, 0.2) is 18.2 Å². The molecule has 0 bridgehead atoms. The molecule has 2 aromatic rings. The number of hydrogen-bond donors (Lipinski definition) is 3. The molecule has 1 aliphatic heterocycles. The third-order valence-electron chi connectivity index (χ3n) is 5.58. The molecule has 1 aliphatic carbocycles. The lowest BCUT2D eigenvalue weighted by Crippen LogP contribution is -2.47. The molecule has 0 saturated carbocycles. The van der Waals surface area contributed by atoms with Crippen LogP contribution < -0.4 is 21.3 Å². The predicted octanol–water partition coefficient (Wildman–Crippen LogP) is 3.41. The summed E-state index contributed by atoms with van der Waals surface area (Å²) in [5.74, 6) is 0.972. The predicted molar refractivity (Wildman–Crippen MR) is 112 cm³/mol. The number of amides is 1. The molecular weight excluding hydrogens is 409 g/mol. The van der Waals surface area contributed by atoms with E-state index in [0.29, 0.717) is 6.54 Å². The van der Waals surface area contributed by atoms with E-state index in [1.807, 2.05) is 0 Å². The standard InChI is InChI=1S/C21H25F3N6O/c1-12(31)26-15-4-3-7-30(11-15)19-17-5-2-6-18(17)28-20(29-19)27-16-9-13(21(22,23)24)8-14(25)10-16/h8-10,15H,2-7,11,25H2,1H3,(H,26,31)(H,27,28,29)/t15-/m1/s1. The number of carbonyl (C=O) groups is 1. The van der Waals surface area contributed by atoms with Gasteiger partial charge in [0.2, 0.25) is 11.9 Å². The van der Waals surface area contributed by atoms with Gasteiger partial charge in [0, 0.05) is 43.0 Å². The van der Waals surface area contributed by atoms with Crippen LogP contribution in [0.4, 0.5) is 36.3 Å². The van der Waals surface area contributed by atoms with E-state index in [-0.39, 0.29) is 29.3 Å². The van der Waals surface area contributed by atoms with E-state index >= 15 is 0 Å². The maximum Gasteiger partial charge on any atom is 0.416 e. The van der Waals surface area contributed by atoms with Gasteiger partial charge in [0.1, 0.15) is 5.82 Å². The number of aromatic nitrogens is 2. The van der Waals surface area contributed by atoms with Gasteiger partial charge in [0.05, 0.1) is 11.3 Å². The minimum atomic E-state index is -4.50. The lowest BCUT2D eigenvalue weighted by atomic mass is 10.0. The molecule has 7 nitrogen and oxygen atoms in total. The molecule has 0 unspecified atom stereocenters.